The van der Waals surface area contributed by atoms with Crippen LogP contribution in [0.2, 0.25) is 0 Å². The van der Waals surface area contributed by atoms with Gasteiger partial charge in [0.1, 0.15) is 6.54 Å². The smallest absolute Gasteiger partial charge is 0.243 e. The standard InChI is InChI=1S/C19H35N5O3.HI/c1-23(2)16(25)13-20-18(21-14-17(26)24(3)4)22-15-8-11-27-19(12-15)9-6-5-7-10-19;/h15H,5-14H2,1-4H3,(H2,20,21,22);1H. The van der Waals surface area contributed by atoms with Gasteiger partial charge in [-0.15, -0.1) is 24.0 Å². The van der Waals surface area contributed by atoms with Crippen molar-refractivity contribution in [2.45, 2.75) is 56.6 Å². The predicted octanol–water partition coefficient (Wildman–Crippen LogP) is 1.20. The fraction of sp³-hybridized carbons (Fsp3) is 0.842. The van der Waals surface area contributed by atoms with Gasteiger partial charge in [-0.1, -0.05) is 19.3 Å². The van der Waals surface area contributed by atoms with Crippen molar-refractivity contribution in [1.82, 2.24) is 20.4 Å². The van der Waals surface area contributed by atoms with Crippen LogP contribution in [0.4, 0.5) is 0 Å². The Morgan fingerprint density at radius 2 is 1.71 bits per heavy atom. The second-order valence-electron chi connectivity index (χ2n) is 8.02. The molecule has 0 bridgehead atoms. The van der Waals surface area contributed by atoms with Gasteiger partial charge in [0.05, 0.1) is 12.1 Å². The Kier molecular flexibility index (Phi) is 10.5. The largest absolute Gasteiger partial charge is 0.375 e. The van der Waals surface area contributed by atoms with Crippen molar-refractivity contribution >= 4 is 41.8 Å². The summed E-state index contributed by atoms with van der Waals surface area (Å²) < 4.78 is 6.16. The molecular formula is C19H36IN5O3. The van der Waals surface area contributed by atoms with Crippen LogP contribution in [-0.4, -0.2) is 87.1 Å². The van der Waals surface area contributed by atoms with E-state index in [9.17, 15) is 9.59 Å². The first-order valence-electron chi connectivity index (χ1n) is 9.90. The van der Waals surface area contributed by atoms with Crippen molar-refractivity contribution in [3.63, 3.8) is 0 Å². The molecule has 9 heteroatoms. The van der Waals surface area contributed by atoms with Gasteiger partial charge in [-0.25, -0.2) is 4.99 Å². The zero-order chi connectivity index (χ0) is 19.9. The number of amides is 2. The molecular weight excluding hydrogens is 473 g/mol. The molecule has 1 heterocycles. The lowest BCUT2D eigenvalue weighted by Crippen LogP contribution is -2.53. The summed E-state index contributed by atoms with van der Waals surface area (Å²) in [4.78, 5) is 31.2. The van der Waals surface area contributed by atoms with Crippen LogP contribution in [0.25, 0.3) is 0 Å². The number of ether oxygens (including phenoxy) is 1. The minimum absolute atomic E-state index is 0. The second-order valence-corrected chi connectivity index (χ2v) is 8.02. The van der Waals surface area contributed by atoms with Crippen molar-refractivity contribution in [2.24, 2.45) is 4.99 Å². The number of carbonyl (C=O) groups excluding carboxylic acids is 2. The van der Waals surface area contributed by atoms with Gasteiger partial charge in [-0.05, 0) is 25.7 Å². The summed E-state index contributed by atoms with van der Waals surface area (Å²) in [5.41, 5.74) is -0.0157. The average Bonchev–Trinajstić information content (AvgIpc) is 2.63. The third-order valence-electron chi connectivity index (χ3n) is 5.38. The normalized spacial score (nSPS) is 21.4. The summed E-state index contributed by atoms with van der Waals surface area (Å²) in [7, 11) is 6.85. The number of likely N-dealkylation sites (N-methyl/N-ethyl adjacent to an activating group) is 2. The number of guanidine groups is 1. The van der Waals surface area contributed by atoms with E-state index in [1.54, 1.807) is 28.2 Å². The van der Waals surface area contributed by atoms with Gasteiger partial charge >= 0.3 is 0 Å². The Balaban J connectivity index is 0.00000392. The molecule has 1 atom stereocenters. The van der Waals surface area contributed by atoms with Crippen LogP contribution in [0.5, 0.6) is 0 Å². The first-order chi connectivity index (χ1) is 12.8. The molecule has 1 spiro atoms. The van der Waals surface area contributed by atoms with E-state index in [1.165, 1.54) is 29.1 Å². The van der Waals surface area contributed by atoms with Crippen LogP contribution in [0.15, 0.2) is 4.99 Å². The number of halogens is 1. The Bertz CT molecular complexity index is 542. The fourth-order valence-corrected chi connectivity index (χ4v) is 3.65. The number of aliphatic imine (C=N–C) groups is 1. The maximum Gasteiger partial charge on any atom is 0.243 e. The van der Waals surface area contributed by atoms with Gasteiger partial charge < -0.3 is 25.2 Å². The SMILES string of the molecule is CN(C)C(=O)CN=C(NCC(=O)N(C)C)NC1CCOC2(CCCCC2)C1.I. The number of nitrogens with one attached hydrogen (secondary N) is 2. The molecule has 0 aromatic carbocycles. The van der Waals surface area contributed by atoms with E-state index in [2.05, 4.69) is 15.6 Å². The summed E-state index contributed by atoms with van der Waals surface area (Å²) in [5.74, 6) is 0.392. The molecule has 28 heavy (non-hydrogen) atoms. The quantitative estimate of drug-likeness (QED) is 0.331. The molecule has 0 aromatic heterocycles. The lowest BCUT2D eigenvalue weighted by molar-refractivity contribution is -0.127. The highest BCUT2D eigenvalue weighted by atomic mass is 127. The number of carbonyl (C=O) groups is 2. The van der Waals surface area contributed by atoms with Crippen LogP contribution in [0.1, 0.15) is 44.9 Å². The molecule has 2 N–H and O–H groups in total. The fourth-order valence-electron chi connectivity index (χ4n) is 3.65. The minimum atomic E-state index is -0.0780. The summed E-state index contributed by atoms with van der Waals surface area (Å²) in [6.45, 7) is 0.925. The molecule has 1 aliphatic carbocycles. The Morgan fingerprint density at radius 1 is 1.07 bits per heavy atom. The Labute approximate surface area is 185 Å². The van der Waals surface area contributed by atoms with E-state index >= 15 is 0 Å². The average molecular weight is 509 g/mol. The molecule has 0 radical (unpaired) electrons. The van der Waals surface area contributed by atoms with Crippen LogP contribution < -0.4 is 10.6 Å². The van der Waals surface area contributed by atoms with Gasteiger partial charge in [0.25, 0.3) is 0 Å². The lowest BCUT2D eigenvalue weighted by Gasteiger charge is -2.44. The van der Waals surface area contributed by atoms with E-state index in [0.717, 1.165) is 32.3 Å². The molecule has 2 aliphatic rings. The Hall–Kier alpha value is -1.10. The van der Waals surface area contributed by atoms with Gasteiger partial charge in [0.2, 0.25) is 11.8 Å². The maximum atomic E-state index is 11.9. The first-order valence-corrected chi connectivity index (χ1v) is 9.90. The molecule has 8 nitrogen and oxygen atoms in total. The number of rotatable bonds is 5. The summed E-state index contributed by atoms with van der Waals surface area (Å²) >= 11 is 0. The number of hydrogen-bond donors (Lipinski definition) is 2. The second kappa shape index (κ2) is 11.8. The molecule has 0 aromatic rings. The number of hydrogen-bond acceptors (Lipinski definition) is 4. The summed E-state index contributed by atoms with van der Waals surface area (Å²) in [6, 6.07) is 0.229. The molecule has 2 rings (SSSR count). The van der Waals surface area contributed by atoms with Crippen LogP contribution in [-0.2, 0) is 14.3 Å². The zero-order valence-corrected chi connectivity index (χ0v) is 20.0. The predicted molar refractivity (Wildman–Crippen MR) is 121 cm³/mol. The number of nitrogens with zero attached hydrogens (tertiary/aromatic N) is 3. The molecule has 2 fully saturated rings. The molecule has 162 valence electrons. The van der Waals surface area contributed by atoms with Gasteiger partial charge in [-0.3, -0.25) is 9.59 Å². The van der Waals surface area contributed by atoms with Crippen molar-refractivity contribution in [2.75, 3.05) is 47.9 Å². The van der Waals surface area contributed by atoms with Crippen molar-refractivity contribution < 1.29 is 14.3 Å². The summed E-state index contributed by atoms with van der Waals surface area (Å²) in [6.07, 6.45) is 7.80. The van der Waals surface area contributed by atoms with E-state index in [4.69, 9.17) is 4.74 Å². The van der Waals surface area contributed by atoms with Crippen LogP contribution in [0, 0.1) is 0 Å². The molecule has 1 aliphatic heterocycles. The topological polar surface area (TPSA) is 86.3 Å². The van der Waals surface area contributed by atoms with E-state index in [-0.39, 0.29) is 60.5 Å². The van der Waals surface area contributed by atoms with Gasteiger partial charge in [0, 0.05) is 40.8 Å². The van der Waals surface area contributed by atoms with Gasteiger partial charge in [-0.2, -0.15) is 0 Å². The van der Waals surface area contributed by atoms with E-state index in [0.29, 0.717) is 5.96 Å². The maximum absolute atomic E-state index is 11.9. The molecule has 2 amide bonds. The van der Waals surface area contributed by atoms with Crippen molar-refractivity contribution in [1.29, 1.82) is 0 Å². The minimum Gasteiger partial charge on any atom is -0.375 e. The zero-order valence-electron chi connectivity index (χ0n) is 17.6. The third-order valence-corrected chi connectivity index (χ3v) is 5.38. The van der Waals surface area contributed by atoms with Crippen molar-refractivity contribution in [3.05, 3.63) is 0 Å². The molecule has 1 saturated carbocycles. The van der Waals surface area contributed by atoms with E-state index < -0.39 is 0 Å². The Morgan fingerprint density at radius 3 is 2.32 bits per heavy atom. The van der Waals surface area contributed by atoms with E-state index in [1.807, 2.05) is 0 Å². The van der Waals surface area contributed by atoms with Gasteiger partial charge in [0.15, 0.2) is 5.96 Å². The highest BCUT2D eigenvalue weighted by molar-refractivity contribution is 14.0. The molecule has 1 unspecified atom stereocenters. The lowest BCUT2D eigenvalue weighted by atomic mass is 9.78. The van der Waals surface area contributed by atoms with Crippen LogP contribution >= 0.6 is 24.0 Å². The highest BCUT2D eigenvalue weighted by Crippen LogP contribution is 2.38. The molecule has 1 saturated heterocycles. The monoisotopic (exact) mass is 509 g/mol. The highest BCUT2D eigenvalue weighted by Gasteiger charge is 2.38. The summed E-state index contributed by atoms with van der Waals surface area (Å²) in [5, 5.41) is 6.50. The van der Waals surface area contributed by atoms with Crippen LogP contribution in [0.3, 0.4) is 0 Å². The third kappa shape index (κ3) is 7.73. The van der Waals surface area contributed by atoms with Crippen molar-refractivity contribution in [3.8, 4) is 0 Å². The first kappa shape index (κ1) is 24.9.